The highest BCUT2D eigenvalue weighted by Crippen LogP contribution is 2.03. The SMILES string of the molecule is CC(C)N(CCCCO)CCCCO. The molecular weight excluding hydrogens is 178 g/mol. The molecule has 0 aliphatic heterocycles. The lowest BCUT2D eigenvalue weighted by molar-refractivity contribution is 0.194. The van der Waals surface area contributed by atoms with E-state index in [1.54, 1.807) is 0 Å². The van der Waals surface area contributed by atoms with Gasteiger partial charge in [0.05, 0.1) is 0 Å². The van der Waals surface area contributed by atoms with Crippen molar-refractivity contribution < 1.29 is 10.2 Å². The summed E-state index contributed by atoms with van der Waals surface area (Å²) in [5, 5.41) is 17.4. The first kappa shape index (κ1) is 13.9. The molecule has 2 N–H and O–H groups in total. The maximum absolute atomic E-state index is 8.68. The van der Waals surface area contributed by atoms with Crippen LogP contribution in [0.3, 0.4) is 0 Å². The second-order valence-electron chi connectivity index (χ2n) is 3.99. The number of nitrogens with zero attached hydrogens (tertiary/aromatic N) is 1. The van der Waals surface area contributed by atoms with Crippen molar-refractivity contribution in [1.29, 1.82) is 0 Å². The van der Waals surface area contributed by atoms with Gasteiger partial charge in [-0.3, -0.25) is 0 Å². The van der Waals surface area contributed by atoms with Crippen LogP contribution in [-0.2, 0) is 0 Å². The van der Waals surface area contributed by atoms with Gasteiger partial charge in [-0.05, 0) is 52.6 Å². The first-order chi connectivity index (χ1) is 6.72. The van der Waals surface area contributed by atoms with Gasteiger partial charge in [-0.1, -0.05) is 0 Å². The Balaban J connectivity index is 3.55. The number of hydrogen-bond donors (Lipinski definition) is 2. The molecule has 0 atom stereocenters. The van der Waals surface area contributed by atoms with E-state index < -0.39 is 0 Å². The van der Waals surface area contributed by atoms with Crippen LogP contribution in [0.25, 0.3) is 0 Å². The topological polar surface area (TPSA) is 43.7 Å². The zero-order valence-corrected chi connectivity index (χ0v) is 9.58. The highest BCUT2D eigenvalue weighted by atomic mass is 16.3. The van der Waals surface area contributed by atoms with Crippen molar-refractivity contribution in [3.8, 4) is 0 Å². The molecule has 0 aromatic heterocycles. The molecule has 0 fully saturated rings. The van der Waals surface area contributed by atoms with E-state index in [1.165, 1.54) is 0 Å². The Morgan fingerprint density at radius 1 is 0.857 bits per heavy atom. The van der Waals surface area contributed by atoms with E-state index in [1.807, 2.05) is 0 Å². The highest BCUT2D eigenvalue weighted by molar-refractivity contribution is 4.62. The molecule has 0 amide bonds. The van der Waals surface area contributed by atoms with Crippen LogP contribution in [0.5, 0.6) is 0 Å². The molecule has 0 unspecified atom stereocenters. The predicted octanol–water partition coefficient (Wildman–Crippen LogP) is 1.24. The number of hydrogen-bond acceptors (Lipinski definition) is 3. The van der Waals surface area contributed by atoms with Crippen LogP contribution in [0, 0.1) is 0 Å². The molecule has 0 bridgehead atoms. The van der Waals surface area contributed by atoms with Crippen LogP contribution in [0.4, 0.5) is 0 Å². The molecule has 86 valence electrons. The van der Waals surface area contributed by atoms with E-state index in [2.05, 4.69) is 18.7 Å². The molecule has 0 aromatic rings. The average molecular weight is 203 g/mol. The minimum atomic E-state index is 0.294. The van der Waals surface area contributed by atoms with E-state index in [0.29, 0.717) is 19.3 Å². The fourth-order valence-electron chi connectivity index (χ4n) is 1.48. The fourth-order valence-corrected chi connectivity index (χ4v) is 1.48. The summed E-state index contributed by atoms with van der Waals surface area (Å²) in [4.78, 5) is 2.41. The third kappa shape index (κ3) is 7.30. The fraction of sp³-hybridized carbons (Fsp3) is 1.00. The summed E-state index contributed by atoms with van der Waals surface area (Å²) in [5.41, 5.74) is 0. The predicted molar refractivity (Wildman–Crippen MR) is 59.3 cm³/mol. The van der Waals surface area contributed by atoms with Crippen molar-refractivity contribution in [1.82, 2.24) is 4.90 Å². The van der Waals surface area contributed by atoms with E-state index in [4.69, 9.17) is 10.2 Å². The van der Waals surface area contributed by atoms with Crippen LogP contribution in [0.1, 0.15) is 39.5 Å². The number of aliphatic hydroxyl groups excluding tert-OH is 2. The summed E-state index contributed by atoms with van der Waals surface area (Å²) in [6.45, 7) is 7.09. The Hall–Kier alpha value is -0.120. The van der Waals surface area contributed by atoms with Gasteiger partial charge in [-0.2, -0.15) is 0 Å². The third-order valence-corrected chi connectivity index (χ3v) is 2.44. The van der Waals surface area contributed by atoms with Crippen LogP contribution >= 0.6 is 0 Å². The standard InChI is InChI=1S/C11H25NO2/c1-11(2)12(7-3-5-9-13)8-4-6-10-14/h11,13-14H,3-10H2,1-2H3. The first-order valence-corrected chi connectivity index (χ1v) is 5.68. The van der Waals surface area contributed by atoms with Gasteiger partial charge in [0.2, 0.25) is 0 Å². The van der Waals surface area contributed by atoms with Gasteiger partial charge in [0, 0.05) is 19.3 Å². The van der Waals surface area contributed by atoms with Crippen molar-refractivity contribution >= 4 is 0 Å². The van der Waals surface area contributed by atoms with Gasteiger partial charge in [-0.15, -0.1) is 0 Å². The molecule has 0 aliphatic carbocycles. The summed E-state index contributed by atoms with van der Waals surface area (Å²) >= 11 is 0. The molecule has 0 aromatic carbocycles. The zero-order chi connectivity index (χ0) is 10.8. The average Bonchev–Trinajstić information content (AvgIpc) is 2.15. The number of aliphatic hydroxyl groups is 2. The monoisotopic (exact) mass is 203 g/mol. The van der Waals surface area contributed by atoms with Crippen molar-refractivity contribution in [2.45, 2.75) is 45.6 Å². The van der Waals surface area contributed by atoms with Gasteiger partial charge in [-0.25, -0.2) is 0 Å². The molecule has 3 nitrogen and oxygen atoms in total. The maximum Gasteiger partial charge on any atom is 0.0431 e. The maximum atomic E-state index is 8.68. The third-order valence-electron chi connectivity index (χ3n) is 2.44. The molecule has 0 radical (unpaired) electrons. The number of rotatable bonds is 9. The van der Waals surface area contributed by atoms with Crippen molar-refractivity contribution in [2.75, 3.05) is 26.3 Å². The van der Waals surface area contributed by atoms with E-state index in [0.717, 1.165) is 38.8 Å². The second kappa shape index (κ2) is 9.44. The molecule has 0 saturated carbocycles. The summed E-state index contributed by atoms with van der Waals surface area (Å²) in [7, 11) is 0. The quantitative estimate of drug-likeness (QED) is 0.554. The molecule has 0 saturated heterocycles. The van der Waals surface area contributed by atoms with Crippen LogP contribution in [-0.4, -0.2) is 47.5 Å². The lowest BCUT2D eigenvalue weighted by Crippen LogP contribution is -2.33. The minimum Gasteiger partial charge on any atom is -0.396 e. The van der Waals surface area contributed by atoms with Gasteiger partial charge in [0.1, 0.15) is 0 Å². The summed E-state index contributed by atoms with van der Waals surface area (Å²) < 4.78 is 0. The lowest BCUT2D eigenvalue weighted by atomic mass is 10.2. The Labute approximate surface area is 87.7 Å². The molecule has 0 rings (SSSR count). The number of unbranched alkanes of at least 4 members (excludes halogenated alkanes) is 2. The normalized spacial score (nSPS) is 11.6. The zero-order valence-electron chi connectivity index (χ0n) is 9.58. The highest BCUT2D eigenvalue weighted by Gasteiger charge is 2.07. The summed E-state index contributed by atoms with van der Waals surface area (Å²) in [5.74, 6) is 0. The van der Waals surface area contributed by atoms with Gasteiger partial charge >= 0.3 is 0 Å². The molecule has 0 heterocycles. The van der Waals surface area contributed by atoms with Crippen LogP contribution in [0.15, 0.2) is 0 Å². The summed E-state index contributed by atoms with van der Waals surface area (Å²) in [6, 6.07) is 0.562. The van der Waals surface area contributed by atoms with Gasteiger partial charge < -0.3 is 15.1 Å². The van der Waals surface area contributed by atoms with Crippen molar-refractivity contribution in [3.05, 3.63) is 0 Å². The van der Waals surface area contributed by atoms with Crippen molar-refractivity contribution in [2.24, 2.45) is 0 Å². The molecule has 0 spiro atoms. The smallest absolute Gasteiger partial charge is 0.0431 e. The molecule has 14 heavy (non-hydrogen) atoms. The largest absolute Gasteiger partial charge is 0.396 e. The van der Waals surface area contributed by atoms with E-state index in [9.17, 15) is 0 Å². The Bertz CT molecular complexity index is 108. The molecular formula is C11H25NO2. The molecule has 3 heteroatoms. The van der Waals surface area contributed by atoms with Crippen LogP contribution < -0.4 is 0 Å². The van der Waals surface area contributed by atoms with Crippen LogP contribution in [0.2, 0.25) is 0 Å². The Morgan fingerprint density at radius 3 is 1.57 bits per heavy atom. The Morgan fingerprint density at radius 2 is 1.29 bits per heavy atom. The van der Waals surface area contributed by atoms with E-state index >= 15 is 0 Å². The first-order valence-electron chi connectivity index (χ1n) is 5.68. The van der Waals surface area contributed by atoms with Crippen molar-refractivity contribution in [3.63, 3.8) is 0 Å². The Kier molecular flexibility index (Phi) is 9.35. The second-order valence-corrected chi connectivity index (χ2v) is 3.99. The van der Waals surface area contributed by atoms with Gasteiger partial charge in [0.25, 0.3) is 0 Å². The van der Waals surface area contributed by atoms with E-state index in [-0.39, 0.29) is 0 Å². The summed E-state index contributed by atoms with van der Waals surface area (Å²) in [6.07, 6.45) is 3.91. The molecule has 0 aliphatic rings. The minimum absolute atomic E-state index is 0.294. The lowest BCUT2D eigenvalue weighted by Gasteiger charge is -2.26. The van der Waals surface area contributed by atoms with Gasteiger partial charge in [0.15, 0.2) is 0 Å².